The van der Waals surface area contributed by atoms with Gasteiger partial charge in [-0.3, -0.25) is 20.2 Å². The van der Waals surface area contributed by atoms with Crippen molar-refractivity contribution in [2.45, 2.75) is 38.5 Å². The van der Waals surface area contributed by atoms with Crippen LogP contribution in [0.15, 0.2) is 60.7 Å². The van der Waals surface area contributed by atoms with Crippen molar-refractivity contribution in [3.63, 3.8) is 0 Å². The number of benzene rings is 2. The fourth-order valence-corrected chi connectivity index (χ4v) is 4.41. The van der Waals surface area contributed by atoms with Crippen LogP contribution in [0, 0.1) is 32.4 Å². The molecule has 2 aromatic heterocycles. The van der Waals surface area contributed by atoms with Crippen LogP contribution in [0.1, 0.15) is 50.2 Å². The summed E-state index contributed by atoms with van der Waals surface area (Å²) in [5.41, 5.74) is 2.73. The van der Waals surface area contributed by atoms with E-state index in [2.05, 4.69) is 12.1 Å². The molecule has 0 atom stereocenters. The Bertz CT molecular complexity index is 1450. The molecule has 9 heteroatoms. The molecule has 0 fully saturated rings. The molecule has 0 amide bonds. The van der Waals surface area contributed by atoms with E-state index < -0.39 is 20.7 Å². The SMILES string of the molecule is CC1(C)c2[c-]c(cc([N+](=O)[O-])c2)-c2cccc(n2)C(C)(C)c2cccc(n2)-c2[c-]c1cc([N+](=O)[O-])c2.[Pt+2]. The quantitative estimate of drug-likeness (QED) is 0.143. The largest absolute Gasteiger partial charge is 2.00 e. The van der Waals surface area contributed by atoms with Crippen molar-refractivity contribution < 1.29 is 30.9 Å². The van der Waals surface area contributed by atoms with E-state index >= 15 is 0 Å². The fraction of sp³-hybridized carbons (Fsp3) is 0.214. The number of nitro benzene ring substituents is 2. The molecule has 1 aliphatic rings. The number of nitro groups is 2. The van der Waals surface area contributed by atoms with Crippen LogP contribution in [0.5, 0.6) is 0 Å². The zero-order chi connectivity index (χ0) is 25.8. The number of pyridine rings is 2. The van der Waals surface area contributed by atoms with Crippen LogP contribution in [0.25, 0.3) is 22.5 Å². The van der Waals surface area contributed by atoms with Gasteiger partial charge in [0.1, 0.15) is 0 Å². The van der Waals surface area contributed by atoms with Gasteiger partial charge in [-0.15, -0.1) is 34.4 Å². The molecule has 37 heavy (non-hydrogen) atoms. The molecule has 0 radical (unpaired) electrons. The average Bonchev–Trinajstić information content (AvgIpc) is 2.87. The predicted octanol–water partition coefficient (Wildman–Crippen LogP) is 6.19. The Hall–Kier alpha value is -3.77. The van der Waals surface area contributed by atoms with Gasteiger partial charge in [0.2, 0.25) is 0 Å². The molecule has 0 aliphatic carbocycles. The summed E-state index contributed by atoms with van der Waals surface area (Å²) in [4.78, 5) is 32.5. The Balaban J connectivity index is 0.00000320. The number of hydrogen-bond donors (Lipinski definition) is 0. The first-order valence-electron chi connectivity index (χ1n) is 11.4. The second kappa shape index (κ2) is 9.27. The van der Waals surface area contributed by atoms with Gasteiger partial charge in [-0.05, 0) is 42.8 Å². The Morgan fingerprint density at radius 3 is 1.46 bits per heavy atom. The Morgan fingerprint density at radius 1 is 0.676 bits per heavy atom. The Labute approximate surface area is 228 Å². The van der Waals surface area contributed by atoms with Crippen molar-refractivity contribution >= 4 is 11.4 Å². The standard InChI is InChI=1S/C28H22N4O4.Pt/c1-27(2)19-11-17(13-21(15-19)31(33)34)23-7-5-9-25(29-23)28(3,4)26-10-6-8-24(30-26)18-12-20(27)16-22(14-18)32(35)36;/h5-10,13-16H,1-4H3;/q-2;+2. The molecule has 5 rings (SSSR count). The van der Waals surface area contributed by atoms with Gasteiger partial charge in [0.05, 0.1) is 0 Å². The number of non-ortho nitro benzene ring substituents is 2. The van der Waals surface area contributed by atoms with E-state index in [0.29, 0.717) is 33.6 Å². The molecule has 1 aliphatic heterocycles. The summed E-state index contributed by atoms with van der Waals surface area (Å²) < 4.78 is 0. The van der Waals surface area contributed by atoms with E-state index in [4.69, 9.17) is 9.97 Å². The van der Waals surface area contributed by atoms with Crippen molar-refractivity contribution in [2.24, 2.45) is 0 Å². The summed E-state index contributed by atoms with van der Waals surface area (Å²) in [6.45, 7) is 7.67. The van der Waals surface area contributed by atoms with Gasteiger partial charge >= 0.3 is 21.1 Å². The average molecular weight is 674 g/mol. The molecular formula is C28H22N4O4Pt. The summed E-state index contributed by atoms with van der Waals surface area (Å²) in [6, 6.07) is 23.5. The number of nitrogens with zero attached hydrogens (tertiary/aromatic N) is 4. The van der Waals surface area contributed by atoms with Gasteiger partial charge in [-0.2, -0.15) is 0 Å². The van der Waals surface area contributed by atoms with Gasteiger partial charge in [0, 0.05) is 26.6 Å². The van der Waals surface area contributed by atoms with Gasteiger partial charge in [0.15, 0.2) is 11.4 Å². The molecule has 188 valence electrons. The minimum Gasteiger partial charge on any atom is -0.300 e. The first kappa shape index (κ1) is 26.3. The van der Waals surface area contributed by atoms with Crippen molar-refractivity contribution in [1.29, 1.82) is 0 Å². The van der Waals surface area contributed by atoms with Gasteiger partial charge < -0.3 is 9.97 Å². The summed E-state index contributed by atoms with van der Waals surface area (Å²) in [5.74, 6) is 0. The van der Waals surface area contributed by atoms with E-state index in [1.165, 1.54) is 24.3 Å². The number of aromatic nitrogens is 2. The maximum atomic E-state index is 11.9. The van der Waals surface area contributed by atoms with Crippen molar-refractivity contribution in [3.05, 3.63) is 116 Å². The van der Waals surface area contributed by atoms with E-state index in [1.54, 1.807) is 12.1 Å². The van der Waals surface area contributed by atoms with Gasteiger partial charge in [-0.1, -0.05) is 62.4 Å². The first-order valence-corrected chi connectivity index (χ1v) is 11.4. The van der Waals surface area contributed by atoms with E-state index in [9.17, 15) is 20.2 Å². The van der Waals surface area contributed by atoms with Crippen LogP contribution in [-0.4, -0.2) is 19.8 Å². The third-order valence-electron chi connectivity index (χ3n) is 6.81. The predicted molar refractivity (Wildman–Crippen MR) is 135 cm³/mol. The maximum Gasteiger partial charge on any atom is 2.00 e. The molecule has 0 spiro atoms. The van der Waals surface area contributed by atoms with Crippen LogP contribution in [0.4, 0.5) is 11.4 Å². The minimum absolute atomic E-state index is 0. The van der Waals surface area contributed by atoms with Crippen LogP contribution in [-0.2, 0) is 31.9 Å². The third kappa shape index (κ3) is 4.58. The van der Waals surface area contributed by atoms with E-state index in [0.717, 1.165) is 11.4 Å². The molecule has 8 bridgehead atoms. The normalized spacial score (nSPS) is 14.6. The second-order valence-electron chi connectivity index (χ2n) is 9.91. The summed E-state index contributed by atoms with van der Waals surface area (Å²) >= 11 is 0. The third-order valence-corrected chi connectivity index (χ3v) is 6.81. The fourth-order valence-electron chi connectivity index (χ4n) is 4.41. The van der Waals surface area contributed by atoms with Crippen molar-refractivity contribution in [3.8, 4) is 22.5 Å². The van der Waals surface area contributed by atoms with Crippen molar-refractivity contribution in [1.82, 2.24) is 9.97 Å². The summed E-state index contributed by atoms with van der Waals surface area (Å²) in [7, 11) is 0. The van der Waals surface area contributed by atoms with E-state index in [1.807, 2.05) is 52.0 Å². The molecule has 8 nitrogen and oxygen atoms in total. The zero-order valence-electron chi connectivity index (χ0n) is 20.5. The summed E-state index contributed by atoms with van der Waals surface area (Å²) in [5, 5.41) is 23.7. The summed E-state index contributed by atoms with van der Waals surface area (Å²) in [6.07, 6.45) is 0. The maximum absolute atomic E-state index is 11.9. The van der Waals surface area contributed by atoms with Crippen LogP contribution < -0.4 is 0 Å². The molecule has 0 unspecified atom stereocenters. The van der Waals surface area contributed by atoms with Gasteiger partial charge in [-0.25, -0.2) is 0 Å². The second-order valence-corrected chi connectivity index (χ2v) is 9.91. The Kier molecular flexibility index (Phi) is 6.59. The monoisotopic (exact) mass is 673 g/mol. The molecule has 0 saturated carbocycles. The first-order chi connectivity index (χ1) is 17.0. The molecular weight excluding hydrogens is 651 g/mol. The number of rotatable bonds is 2. The van der Waals surface area contributed by atoms with Crippen LogP contribution >= 0.6 is 0 Å². The smallest absolute Gasteiger partial charge is 0.300 e. The Morgan fingerprint density at radius 2 is 1.08 bits per heavy atom. The minimum atomic E-state index is -0.903. The molecule has 0 N–H and O–H groups in total. The topological polar surface area (TPSA) is 112 Å². The van der Waals surface area contributed by atoms with Gasteiger partial charge in [0.25, 0.3) is 0 Å². The van der Waals surface area contributed by atoms with Crippen molar-refractivity contribution in [2.75, 3.05) is 0 Å². The zero-order valence-corrected chi connectivity index (χ0v) is 22.8. The van der Waals surface area contributed by atoms with E-state index in [-0.39, 0.29) is 32.4 Å². The number of hydrogen-bond acceptors (Lipinski definition) is 6. The molecule has 3 heterocycles. The molecule has 0 saturated heterocycles. The molecule has 2 aromatic carbocycles. The molecule has 4 aromatic rings. The van der Waals surface area contributed by atoms with Crippen LogP contribution in [0.3, 0.4) is 0 Å². The number of fused-ring (bicyclic) bond motifs is 10. The van der Waals surface area contributed by atoms with Crippen LogP contribution in [0.2, 0.25) is 0 Å².